The van der Waals surface area contributed by atoms with E-state index in [0.29, 0.717) is 70.3 Å². The second-order valence-corrected chi connectivity index (χ2v) is 14.1. The van der Waals surface area contributed by atoms with Crippen molar-refractivity contribution in [2.24, 2.45) is 0 Å². The number of fused-ring (bicyclic) bond motifs is 2. The van der Waals surface area contributed by atoms with Gasteiger partial charge in [0.25, 0.3) is 11.8 Å². The summed E-state index contributed by atoms with van der Waals surface area (Å²) in [6.07, 6.45) is 4.66. The molecular formula is C43H40N8O4. The number of aromatic nitrogens is 4. The summed E-state index contributed by atoms with van der Waals surface area (Å²) >= 11 is 0. The van der Waals surface area contributed by atoms with Crippen molar-refractivity contribution in [1.29, 1.82) is 10.5 Å². The molecular weight excluding hydrogens is 693 g/mol. The monoisotopic (exact) mass is 732 g/mol. The molecule has 0 fully saturated rings. The molecule has 0 spiro atoms. The minimum absolute atomic E-state index is 0.0470. The zero-order valence-electron chi connectivity index (χ0n) is 30.9. The first kappa shape index (κ1) is 35.7. The molecule has 0 saturated carbocycles. The van der Waals surface area contributed by atoms with Crippen LogP contribution in [0, 0.1) is 22.7 Å². The van der Waals surface area contributed by atoms with Crippen LogP contribution < -0.4 is 20.1 Å². The lowest BCUT2D eigenvalue weighted by Gasteiger charge is -2.19. The highest BCUT2D eigenvalue weighted by Crippen LogP contribution is 2.38. The molecule has 8 rings (SSSR count). The average molecular weight is 733 g/mol. The Labute approximate surface area is 319 Å². The third kappa shape index (κ3) is 7.43. The molecule has 0 aliphatic heterocycles. The van der Waals surface area contributed by atoms with Crippen LogP contribution in [0.15, 0.2) is 81.8 Å². The van der Waals surface area contributed by atoms with Crippen molar-refractivity contribution in [3.8, 4) is 69.3 Å². The first-order valence-corrected chi connectivity index (χ1v) is 18.7. The third-order valence-electron chi connectivity index (χ3n) is 10.1. The van der Waals surface area contributed by atoms with Gasteiger partial charge in [-0.2, -0.15) is 20.5 Å². The molecule has 276 valence electrons. The van der Waals surface area contributed by atoms with Crippen molar-refractivity contribution in [3.05, 3.63) is 106 Å². The second-order valence-electron chi connectivity index (χ2n) is 14.1. The van der Waals surface area contributed by atoms with Crippen LogP contribution in [-0.4, -0.2) is 45.7 Å². The number of aryl methyl sites for hydroxylation is 1. The Kier molecular flexibility index (Phi) is 10.1. The smallest absolute Gasteiger partial charge is 0.258 e. The van der Waals surface area contributed by atoms with Crippen LogP contribution in [0.3, 0.4) is 0 Å². The zero-order chi connectivity index (χ0) is 37.9. The Morgan fingerprint density at radius 1 is 0.745 bits per heavy atom. The fourth-order valence-corrected chi connectivity index (χ4v) is 7.52. The summed E-state index contributed by atoms with van der Waals surface area (Å²) in [4.78, 5) is 9.37. The Hall–Kier alpha value is -6.34. The molecule has 0 radical (unpaired) electrons. The Morgan fingerprint density at radius 3 is 2.04 bits per heavy atom. The molecule has 2 aliphatic carbocycles. The quantitative estimate of drug-likeness (QED) is 0.0877. The van der Waals surface area contributed by atoms with E-state index in [2.05, 4.69) is 50.2 Å². The summed E-state index contributed by atoms with van der Waals surface area (Å²) in [6.45, 7) is 7.12. The molecule has 2 unspecified atom stereocenters. The van der Waals surface area contributed by atoms with Gasteiger partial charge in [0.2, 0.25) is 11.6 Å². The van der Waals surface area contributed by atoms with Gasteiger partial charge < -0.3 is 23.8 Å². The van der Waals surface area contributed by atoms with Crippen molar-refractivity contribution < 1.29 is 18.5 Å². The van der Waals surface area contributed by atoms with Gasteiger partial charge in [-0.25, -0.2) is 0 Å². The van der Waals surface area contributed by atoms with Crippen molar-refractivity contribution in [2.75, 3.05) is 13.1 Å². The molecule has 0 saturated heterocycles. The maximum absolute atomic E-state index is 9.95. The summed E-state index contributed by atoms with van der Waals surface area (Å²) in [7, 11) is 0. The van der Waals surface area contributed by atoms with Gasteiger partial charge in [0.05, 0.1) is 17.2 Å². The van der Waals surface area contributed by atoms with Crippen molar-refractivity contribution in [2.45, 2.75) is 71.2 Å². The topological polar surface area (TPSA) is 168 Å². The molecule has 2 aromatic heterocycles. The lowest BCUT2D eigenvalue weighted by atomic mass is 10.0. The van der Waals surface area contributed by atoms with Gasteiger partial charge in [-0.1, -0.05) is 46.7 Å². The van der Waals surface area contributed by atoms with Crippen LogP contribution in [0.2, 0.25) is 0 Å². The maximum Gasteiger partial charge on any atom is 0.258 e. The number of rotatable bonds is 13. The van der Waals surface area contributed by atoms with Crippen LogP contribution in [0.25, 0.3) is 45.7 Å². The van der Waals surface area contributed by atoms with E-state index in [1.807, 2.05) is 57.2 Å². The molecule has 2 aliphatic rings. The summed E-state index contributed by atoms with van der Waals surface area (Å²) in [5.74, 6) is 2.79. The largest absolute Gasteiger partial charge is 0.490 e. The standard InChI is InChI=1S/C43H40N8O4/c1-25(2)52-38-17-13-28(21-30(38)23-44)43-49-41(51-55-43)36-12-6-10-34-33(36)15-16-37(34)47-20-19-46-26(3)53-39-18-14-29(22-31(39)24-45)42-48-40(50-54-42)35-11-5-8-27-7-4-9-32(27)35/h5-6,8,10-14,17-18,21-22,25-26,37,46-47H,4,7,9,15-16,19-20H2,1-3H3. The van der Waals surface area contributed by atoms with Gasteiger partial charge in [0, 0.05) is 41.4 Å². The number of nitrogens with zero attached hydrogens (tertiary/aromatic N) is 6. The normalized spacial score (nSPS) is 15.0. The van der Waals surface area contributed by atoms with Crippen LogP contribution in [0.4, 0.5) is 0 Å². The van der Waals surface area contributed by atoms with E-state index < -0.39 is 0 Å². The minimum Gasteiger partial charge on any atom is -0.490 e. The molecule has 12 nitrogen and oxygen atoms in total. The first-order chi connectivity index (χ1) is 26.9. The number of hydrogen-bond donors (Lipinski definition) is 2. The average Bonchev–Trinajstić information content (AvgIpc) is 4.04. The van der Waals surface area contributed by atoms with Gasteiger partial charge in [-0.05, 0) is 112 Å². The van der Waals surface area contributed by atoms with Gasteiger partial charge in [-0.15, -0.1) is 0 Å². The van der Waals surface area contributed by atoms with Gasteiger partial charge >= 0.3 is 0 Å². The summed E-state index contributed by atoms with van der Waals surface area (Å²) in [6, 6.07) is 27.7. The van der Waals surface area contributed by atoms with Crippen LogP contribution in [0.5, 0.6) is 11.5 Å². The van der Waals surface area contributed by atoms with Crippen molar-refractivity contribution >= 4 is 0 Å². The first-order valence-electron chi connectivity index (χ1n) is 18.7. The highest BCUT2D eigenvalue weighted by atomic mass is 16.5. The Morgan fingerprint density at radius 2 is 1.38 bits per heavy atom. The van der Waals surface area contributed by atoms with E-state index >= 15 is 0 Å². The van der Waals surface area contributed by atoms with E-state index in [0.717, 1.165) is 43.2 Å². The predicted molar refractivity (Wildman–Crippen MR) is 205 cm³/mol. The molecule has 2 heterocycles. The van der Waals surface area contributed by atoms with E-state index in [-0.39, 0.29) is 18.4 Å². The third-order valence-corrected chi connectivity index (χ3v) is 10.1. The molecule has 55 heavy (non-hydrogen) atoms. The van der Waals surface area contributed by atoms with Crippen LogP contribution >= 0.6 is 0 Å². The maximum atomic E-state index is 9.95. The molecule has 6 aromatic rings. The lowest BCUT2D eigenvalue weighted by molar-refractivity contribution is 0.182. The second kappa shape index (κ2) is 15.6. The molecule has 0 bridgehead atoms. The summed E-state index contributed by atoms with van der Waals surface area (Å²) < 4.78 is 23.2. The van der Waals surface area contributed by atoms with Gasteiger partial charge in [0.1, 0.15) is 29.9 Å². The van der Waals surface area contributed by atoms with Crippen molar-refractivity contribution in [1.82, 2.24) is 30.9 Å². The number of benzene rings is 4. The lowest BCUT2D eigenvalue weighted by Crippen LogP contribution is -2.37. The SMILES string of the molecule is CC(C)Oc1ccc(-c2nc(-c3cccc4c3CCC4NCCNC(C)Oc3ccc(-c4nc(-c5cccc6c5CCC6)no4)cc3C#N)no2)cc1C#N. The fraction of sp³-hybridized carbons (Fsp3) is 0.302. The zero-order valence-corrected chi connectivity index (χ0v) is 30.9. The highest BCUT2D eigenvalue weighted by molar-refractivity contribution is 5.68. The molecule has 12 heteroatoms. The van der Waals surface area contributed by atoms with E-state index in [9.17, 15) is 10.5 Å². The van der Waals surface area contributed by atoms with E-state index in [4.69, 9.17) is 23.5 Å². The fourth-order valence-electron chi connectivity index (χ4n) is 7.52. The van der Waals surface area contributed by atoms with Crippen LogP contribution in [0.1, 0.15) is 73.0 Å². The number of nitrogens with one attached hydrogen (secondary N) is 2. The Bertz CT molecular complexity index is 2440. The molecule has 0 amide bonds. The van der Waals surface area contributed by atoms with Crippen LogP contribution in [-0.2, 0) is 19.3 Å². The molecule has 2 N–H and O–H groups in total. The summed E-state index contributed by atoms with van der Waals surface area (Å²) in [5.41, 5.74) is 9.12. The number of ether oxygens (including phenoxy) is 2. The number of nitriles is 2. The number of hydrogen-bond acceptors (Lipinski definition) is 12. The predicted octanol–water partition coefficient (Wildman–Crippen LogP) is 7.73. The van der Waals surface area contributed by atoms with Crippen molar-refractivity contribution in [3.63, 3.8) is 0 Å². The molecule has 2 atom stereocenters. The minimum atomic E-state index is -0.340. The van der Waals surface area contributed by atoms with E-state index in [1.54, 1.807) is 24.3 Å². The van der Waals surface area contributed by atoms with E-state index in [1.165, 1.54) is 22.3 Å². The Balaban J connectivity index is 0.859. The summed E-state index contributed by atoms with van der Waals surface area (Å²) in [5, 5.41) is 35.2. The van der Waals surface area contributed by atoms with Gasteiger partial charge in [0.15, 0.2) is 0 Å². The molecule has 4 aromatic carbocycles. The van der Waals surface area contributed by atoms with Gasteiger partial charge in [-0.3, -0.25) is 5.32 Å². The highest BCUT2D eigenvalue weighted by Gasteiger charge is 2.27.